The zero-order chi connectivity index (χ0) is 19.8. The van der Waals surface area contributed by atoms with Crippen molar-refractivity contribution in [2.24, 2.45) is 0 Å². The molecule has 5 rings (SSSR count). The van der Waals surface area contributed by atoms with Gasteiger partial charge in [0.15, 0.2) is 0 Å². The average Bonchev–Trinajstić information content (AvgIpc) is 2.75. The predicted molar refractivity (Wildman–Crippen MR) is 117 cm³/mol. The molecule has 1 aliphatic heterocycles. The summed E-state index contributed by atoms with van der Waals surface area (Å²) in [5.74, 6) is 0.341. The highest BCUT2D eigenvalue weighted by molar-refractivity contribution is 5.85. The molecule has 1 fully saturated rings. The number of aryl methyl sites for hydroxylation is 1. The first kappa shape index (κ1) is 18.7. The number of phenols is 1. The Morgan fingerprint density at radius 1 is 1.07 bits per heavy atom. The number of benzene rings is 3. The molecule has 3 heteroatoms. The minimum atomic E-state index is 0.0705. The molecule has 0 aromatic heterocycles. The van der Waals surface area contributed by atoms with Crippen molar-refractivity contribution >= 4 is 10.8 Å². The van der Waals surface area contributed by atoms with Gasteiger partial charge in [0, 0.05) is 12.1 Å². The molecular formula is C26H29NO2. The lowest BCUT2D eigenvalue weighted by Gasteiger charge is -2.49. The van der Waals surface area contributed by atoms with E-state index in [4.69, 9.17) is 4.74 Å². The van der Waals surface area contributed by atoms with Gasteiger partial charge < -0.3 is 9.84 Å². The first-order chi connectivity index (χ1) is 14.2. The molecule has 3 unspecified atom stereocenters. The molecule has 3 aromatic carbocycles. The number of ether oxygens (including phenoxy) is 1. The number of fused-ring (bicyclic) bond motifs is 4. The topological polar surface area (TPSA) is 32.7 Å². The summed E-state index contributed by atoms with van der Waals surface area (Å²) in [4.78, 5) is 2.70. The van der Waals surface area contributed by atoms with Gasteiger partial charge in [-0.15, -0.1) is 0 Å². The lowest BCUT2D eigenvalue weighted by molar-refractivity contribution is -0.112. The molecule has 0 amide bonds. The molecule has 3 aromatic rings. The Bertz CT molecular complexity index is 1010. The van der Waals surface area contributed by atoms with Crippen LogP contribution in [0.4, 0.5) is 0 Å². The summed E-state index contributed by atoms with van der Waals surface area (Å²) < 4.78 is 6.48. The second-order valence-electron chi connectivity index (χ2n) is 8.48. The van der Waals surface area contributed by atoms with Crippen LogP contribution in [-0.2, 0) is 17.6 Å². The van der Waals surface area contributed by atoms with Gasteiger partial charge in [-0.2, -0.15) is 0 Å². The zero-order valence-electron chi connectivity index (χ0n) is 17.1. The third-order valence-electron chi connectivity index (χ3n) is 6.68. The Morgan fingerprint density at radius 3 is 2.83 bits per heavy atom. The molecule has 3 atom stereocenters. The lowest BCUT2D eigenvalue weighted by Crippen LogP contribution is -2.55. The van der Waals surface area contributed by atoms with Crippen LogP contribution in [0.5, 0.6) is 5.75 Å². The fraction of sp³-hybridized carbons (Fsp3) is 0.385. The molecule has 1 heterocycles. The molecule has 1 N–H and O–H groups in total. The minimum Gasteiger partial charge on any atom is -0.508 e. The van der Waals surface area contributed by atoms with Crippen molar-refractivity contribution in [3.63, 3.8) is 0 Å². The third kappa shape index (κ3) is 3.43. The van der Waals surface area contributed by atoms with Gasteiger partial charge >= 0.3 is 0 Å². The minimum absolute atomic E-state index is 0.0705. The van der Waals surface area contributed by atoms with E-state index in [0.717, 1.165) is 38.8 Å². The van der Waals surface area contributed by atoms with Crippen LogP contribution in [0.15, 0.2) is 60.7 Å². The maximum Gasteiger partial charge on any atom is 0.115 e. The summed E-state index contributed by atoms with van der Waals surface area (Å²) in [6.07, 6.45) is 4.40. The summed E-state index contributed by atoms with van der Waals surface area (Å²) in [5.41, 5.74) is 3.92. The molecule has 1 saturated heterocycles. The normalized spacial score (nSPS) is 24.2. The van der Waals surface area contributed by atoms with Crippen molar-refractivity contribution in [1.29, 1.82) is 0 Å². The van der Waals surface area contributed by atoms with E-state index in [1.165, 1.54) is 27.5 Å². The van der Waals surface area contributed by atoms with Gasteiger partial charge in [-0.3, -0.25) is 4.90 Å². The summed E-state index contributed by atoms with van der Waals surface area (Å²) in [7, 11) is 0. The molecular weight excluding hydrogens is 358 g/mol. The smallest absolute Gasteiger partial charge is 0.115 e. The summed E-state index contributed by atoms with van der Waals surface area (Å²) in [5, 5.41) is 12.7. The van der Waals surface area contributed by atoms with E-state index < -0.39 is 0 Å². The number of rotatable bonds is 4. The number of phenolic OH excluding ortho intramolecular Hbond substituents is 1. The van der Waals surface area contributed by atoms with Crippen LogP contribution in [0.2, 0.25) is 0 Å². The Labute approximate surface area is 172 Å². The van der Waals surface area contributed by atoms with Crippen LogP contribution in [0, 0.1) is 0 Å². The molecule has 0 spiro atoms. The fourth-order valence-electron chi connectivity index (χ4n) is 5.37. The third-order valence-corrected chi connectivity index (χ3v) is 6.68. The number of hydrogen-bond acceptors (Lipinski definition) is 3. The number of aromatic hydroxyl groups is 1. The van der Waals surface area contributed by atoms with Crippen molar-refractivity contribution in [3.8, 4) is 5.75 Å². The van der Waals surface area contributed by atoms with Crippen molar-refractivity contribution in [3.05, 3.63) is 77.4 Å². The van der Waals surface area contributed by atoms with Gasteiger partial charge in [0.05, 0.1) is 12.7 Å². The van der Waals surface area contributed by atoms with Gasteiger partial charge in [0.25, 0.3) is 0 Å². The van der Waals surface area contributed by atoms with E-state index in [2.05, 4.69) is 60.4 Å². The van der Waals surface area contributed by atoms with Crippen LogP contribution >= 0.6 is 0 Å². The van der Waals surface area contributed by atoms with Gasteiger partial charge in [0.2, 0.25) is 0 Å². The maximum absolute atomic E-state index is 10.0. The lowest BCUT2D eigenvalue weighted by atomic mass is 9.82. The van der Waals surface area contributed by atoms with E-state index in [0.29, 0.717) is 17.8 Å². The van der Waals surface area contributed by atoms with Crippen LogP contribution in [0.1, 0.15) is 42.6 Å². The molecule has 1 aliphatic carbocycles. The average molecular weight is 388 g/mol. The monoisotopic (exact) mass is 387 g/mol. The first-order valence-electron chi connectivity index (χ1n) is 10.9. The Morgan fingerprint density at radius 2 is 1.93 bits per heavy atom. The second-order valence-corrected chi connectivity index (χ2v) is 8.48. The first-order valence-corrected chi connectivity index (χ1v) is 10.9. The van der Waals surface area contributed by atoms with Crippen molar-refractivity contribution in [1.82, 2.24) is 4.90 Å². The van der Waals surface area contributed by atoms with E-state index in [-0.39, 0.29) is 6.10 Å². The maximum atomic E-state index is 10.0. The molecule has 2 aliphatic rings. The van der Waals surface area contributed by atoms with E-state index in [1.54, 1.807) is 6.07 Å². The number of nitrogens with zero attached hydrogens (tertiary/aromatic N) is 1. The quantitative estimate of drug-likeness (QED) is 0.663. The van der Waals surface area contributed by atoms with Crippen LogP contribution in [0.25, 0.3) is 10.8 Å². The summed E-state index contributed by atoms with van der Waals surface area (Å²) in [6, 6.07) is 21.9. The largest absolute Gasteiger partial charge is 0.508 e. The van der Waals surface area contributed by atoms with Crippen molar-refractivity contribution < 1.29 is 9.84 Å². The van der Waals surface area contributed by atoms with Gasteiger partial charge in [-0.25, -0.2) is 0 Å². The number of morpholine rings is 1. The van der Waals surface area contributed by atoms with Crippen molar-refractivity contribution in [2.45, 2.75) is 50.8 Å². The highest BCUT2D eigenvalue weighted by atomic mass is 16.5. The second kappa shape index (κ2) is 7.81. The zero-order valence-corrected chi connectivity index (χ0v) is 17.1. The van der Waals surface area contributed by atoms with Crippen LogP contribution < -0.4 is 0 Å². The van der Waals surface area contributed by atoms with Crippen LogP contribution in [0.3, 0.4) is 0 Å². The van der Waals surface area contributed by atoms with Gasteiger partial charge in [-0.1, -0.05) is 55.5 Å². The molecule has 29 heavy (non-hydrogen) atoms. The fourth-order valence-corrected chi connectivity index (χ4v) is 5.37. The molecule has 0 bridgehead atoms. The summed E-state index contributed by atoms with van der Waals surface area (Å²) >= 11 is 0. The molecule has 3 nitrogen and oxygen atoms in total. The Hall–Kier alpha value is -2.36. The standard InChI is InChI=1S/C26H29NO2/c1-2-14-27-21(15-20-8-5-7-18-6-3-4-9-23(18)20)17-29-26-24-16-22(28)12-10-19(24)11-13-25(26)27/h3-10,12,16,21,25-26,28H,2,11,13-15,17H2,1H3. The van der Waals surface area contributed by atoms with Gasteiger partial charge in [0.1, 0.15) is 5.75 Å². The van der Waals surface area contributed by atoms with E-state index >= 15 is 0 Å². The van der Waals surface area contributed by atoms with Gasteiger partial charge in [-0.05, 0) is 71.8 Å². The van der Waals surface area contributed by atoms with Crippen LogP contribution in [-0.4, -0.2) is 35.2 Å². The summed E-state index contributed by atoms with van der Waals surface area (Å²) in [6.45, 7) is 4.09. The van der Waals surface area contributed by atoms with Crippen molar-refractivity contribution in [2.75, 3.05) is 13.2 Å². The van der Waals surface area contributed by atoms with E-state index in [1.807, 2.05) is 6.07 Å². The molecule has 0 radical (unpaired) electrons. The SMILES string of the molecule is CCCN1C(Cc2cccc3ccccc23)COC2c3cc(O)ccc3CCC21. The molecule has 0 saturated carbocycles. The highest BCUT2D eigenvalue weighted by Crippen LogP contribution is 2.41. The molecule has 150 valence electrons. The Balaban J connectivity index is 1.45. The highest BCUT2D eigenvalue weighted by Gasteiger charge is 2.41. The Kier molecular flexibility index (Phi) is 5.03. The van der Waals surface area contributed by atoms with E-state index in [9.17, 15) is 5.11 Å². The number of hydrogen-bond donors (Lipinski definition) is 1. The predicted octanol–water partition coefficient (Wildman–Crippen LogP) is 5.25.